The average Bonchev–Trinajstić information content (AvgIpc) is 3.49. The van der Waals surface area contributed by atoms with E-state index in [1.807, 2.05) is 0 Å². The maximum atomic E-state index is 2.65. The summed E-state index contributed by atoms with van der Waals surface area (Å²) in [7, 11) is -1.96. The van der Waals surface area contributed by atoms with Crippen LogP contribution in [-0.4, -0.2) is 8.07 Å². The summed E-state index contributed by atoms with van der Waals surface area (Å²) in [6, 6.07) is 27.0. The predicted molar refractivity (Wildman–Crippen MR) is 127 cm³/mol. The van der Waals surface area contributed by atoms with E-state index in [9.17, 15) is 0 Å². The monoisotopic (exact) mass is 412 g/mol. The molecule has 0 saturated carbocycles. The fourth-order valence-corrected chi connectivity index (χ4v) is 11.4. The molecular formula is C28H25NaSi. The van der Waals surface area contributed by atoms with Gasteiger partial charge in [-0.25, -0.2) is 0 Å². The van der Waals surface area contributed by atoms with E-state index in [1.165, 1.54) is 33.4 Å². The third-order valence-electron chi connectivity index (χ3n) is 7.41. The van der Waals surface area contributed by atoms with Crippen LogP contribution in [0.2, 0.25) is 6.55 Å². The van der Waals surface area contributed by atoms with Crippen molar-refractivity contribution in [1.82, 2.24) is 0 Å². The number of rotatable bonds is 3. The summed E-state index contributed by atoms with van der Waals surface area (Å²) >= 11 is 0. The third kappa shape index (κ3) is 2.84. The van der Waals surface area contributed by atoms with E-state index >= 15 is 0 Å². The Morgan fingerprint density at radius 3 is 1.17 bits per heavy atom. The first-order chi connectivity index (χ1) is 14.3. The molecule has 0 spiro atoms. The zero-order valence-electron chi connectivity index (χ0n) is 18.6. The molecule has 30 heavy (non-hydrogen) atoms. The van der Waals surface area contributed by atoms with Gasteiger partial charge in [-0.1, -0.05) is 116 Å². The van der Waals surface area contributed by atoms with E-state index in [4.69, 9.17) is 0 Å². The number of hydrogen-bond acceptors (Lipinski definition) is 0. The van der Waals surface area contributed by atoms with E-state index in [0.29, 0.717) is 16.6 Å². The molecule has 3 aromatic carbocycles. The zero-order chi connectivity index (χ0) is 19.4. The normalized spacial score (nSPS) is 24.1. The first-order valence-corrected chi connectivity index (χ1v) is 13.3. The second-order valence-electron chi connectivity index (χ2n) is 8.76. The summed E-state index contributed by atoms with van der Waals surface area (Å²) in [6.45, 7) is 2.65. The van der Waals surface area contributed by atoms with Gasteiger partial charge in [-0.3, -0.25) is 0 Å². The minimum absolute atomic E-state index is 0. The Bertz CT molecular complexity index is 1060. The first-order valence-electron chi connectivity index (χ1n) is 10.6. The minimum Gasteiger partial charge on any atom is -1.00 e. The molecule has 0 bridgehead atoms. The Labute approximate surface area is 203 Å². The van der Waals surface area contributed by atoms with Crippen LogP contribution >= 0.6 is 0 Å². The molecule has 0 radical (unpaired) electrons. The summed E-state index contributed by atoms with van der Waals surface area (Å²) in [4.78, 5) is 0. The molecule has 0 amide bonds. The Morgan fingerprint density at radius 1 is 0.533 bits per heavy atom. The van der Waals surface area contributed by atoms with Crippen LogP contribution in [0.25, 0.3) is 18.2 Å². The van der Waals surface area contributed by atoms with Crippen molar-refractivity contribution in [3.63, 3.8) is 0 Å². The quantitative estimate of drug-likeness (QED) is 0.565. The van der Waals surface area contributed by atoms with Crippen molar-refractivity contribution in [3.05, 3.63) is 124 Å². The van der Waals surface area contributed by atoms with Crippen molar-refractivity contribution >= 4 is 26.3 Å². The minimum atomic E-state index is -1.96. The summed E-state index contributed by atoms with van der Waals surface area (Å²) in [6.07, 6.45) is 14.6. The van der Waals surface area contributed by atoms with Gasteiger partial charge in [0.05, 0.1) is 8.07 Å². The number of allylic oxidation sites excluding steroid dienone is 3. The molecule has 3 aliphatic carbocycles. The van der Waals surface area contributed by atoms with Gasteiger partial charge in [0.15, 0.2) is 0 Å². The van der Waals surface area contributed by atoms with Crippen molar-refractivity contribution in [3.8, 4) is 0 Å². The molecule has 3 aromatic rings. The van der Waals surface area contributed by atoms with Crippen LogP contribution in [-0.2, 0) is 0 Å². The maximum Gasteiger partial charge on any atom is 1.00 e. The fraction of sp³-hybridized carbons (Fsp3) is 0.143. The van der Waals surface area contributed by atoms with Crippen LogP contribution in [0.1, 0.15) is 51.4 Å². The Kier molecular flexibility index (Phi) is 5.11. The van der Waals surface area contributed by atoms with Crippen molar-refractivity contribution < 1.29 is 31.0 Å². The Hall–Kier alpha value is -1.90. The Morgan fingerprint density at radius 2 is 0.833 bits per heavy atom. The van der Waals surface area contributed by atoms with Crippen LogP contribution in [0.4, 0.5) is 0 Å². The maximum absolute atomic E-state index is 2.65. The van der Waals surface area contributed by atoms with Gasteiger partial charge >= 0.3 is 29.6 Å². The van der Waals surface area contributed by atoms with Crippen LogP contribution < -0.4 is 29.6 Å². The molecule has 6 rings (SSSR count). The topological polar surface area (TPSA) is 0 Å². The van der Waals surface area contributed by atoms with E-state index in [-0.39, 0.29) is 31.0 Å². The van der Waals surface area contributed by atoms with Crippen molar-refractivity contribution in [2.24, 2.45) is 0 Å². The van der Waals surface area contributed by atoms with Gasteiger partial charge in [0.25, 0.3) is 0 Å². The molecule has 2 heteroatoms. The second-order valence-corrected chi connectivity index (χ2v) is 13.4. The SMILES string of the molecule is C[Si](C1C=Cc2ccccc21)(C1C=Cc2ccccc21)C1C=Cc2ccccc21.[H-].[Na+]. The first kappa shape index (κ1) is 20.0. The third-order valence-corrected chi connectivity index (χ3v) is 12.9. The summed E-state index contributed by atoms with van der Waals surface area (Å²) in [5.74, 6) is 0. The fourth-order valence-electron chi connectivity index (χ4n) is 5.96. The molecule has 142 valence electrons. The smallest absolute Gasteiger partial charge is 1.00 e. The molecule has 0 fully saturated rings. The molecule has 0 nitrogen and oxygen atoms in total. The predicted octanol–water partition coefficient (Wildman–Crippen LogP) is 4.23. The van der Waals surface area contributed by atoms with Gasteiger partial charge in [-0.05, 0) is 50.0 Å². The molecule has 3 aliphatic rings. The summed E-state index contributed by atoms with van der Waals surface area (Å²) < 4.78 is 0. The standard InChI is InChI=1S/C28H24Si.Na.H/c1-29(26-17-14-20-8-2-5-11-23(20)26,27-18-15-21-9-3-6-12-24(21)27)28-19-16-22-10-4-7-13-25(22)28;;/h2-19,26-28H,1H3;;/q;+1;-1. The molecule has 3 unspecified atom stereocenters. The average molecular weight is 413 g/mol. The van der Waals surface area contributed by atoms with E-state index in [2.05, 4.69) is 116 Å². The summed E-state index contributed by atoms with van der Waals surface area (Å²) in [5, 5.41) is 0. The van der Waals surface area contributed by atoms with Crippen molar-refractivity contribution in [2.45, 2.75) is 23.2 Å². The van der Waals surface area contributed by atoms with Crippen LogP contribution in [0.3, 0.4) is 0 Å². The van der Waals surface area contributed by atoms with Gasteiger partial charge in [-0.2, -0.15) is 0 Å². The van der Waals surface area contributed by atoms with Crippen LogP contribution in [0, 0.1) is 0 Å². The molecule has 0 saturated heterocycles. The second kappa shape index (κ2) is 7.66. The zero-order valence-corrected chi connectivity index (χ0v) is 20.6. The van der Waals surface area contributed by atoms with Crippen molar-refractivity contribution in [1.29, 1.82) is 0 Å². The van der Waals surface area contributed by atoms with Gasteiger partial charge < -0.3 is 1.43 Å². The molecule has 0 heterocycles. The van der Waals surface area contributed by atoms with E-state index in [1.54, 1.807) is 0 Å². The van der Waals surface area contributed by atoms with E-state index in [0.717, 1.165) is 0 Å². The van der Waals surface area contributed by atoms with E-state index < -0.39 is 8.07 Å². The van der Waals surface area contributed by atoms with Crippen LogP contribution in [0.15, 0.2) is 91.0 Å². The number of hydrogen-bond donors (Lipinski definition) is 0. The Balaban J connectivity index is 0.00000116. The van der Waals surface area contributed by atoms with Gasteiger partial charge in [0.1, 0.15) is 0 Å². The number of fused-ring (bicyclic) bond motifs is 3. The van der Waals surface area contributed by atoms with Gasteiger partial charge in [-0.15, -0.1) is 0 Å². The largest absolute Gasteiger partial charge is 1.00 e. The molecule has 0 N–H and O–H groups in total. The molecule has 0 aliphatic heterocycles. The van der Waals surface area contributed by atoms with Gasteiger partial charge in [0, 0.05) is 0 Å². The summed E-state index contributed by atoms with van der Waals surface area (Å²) in [5.41, 5.74) is 10.3. The molecule has 3 atom stereocenters. The van der Waals surface area contributed by atoms with Gasteiger partial charge in [0.2, 0.25) is 0 Å². The molecular weight excluding hydrogens is 387 g/mol. The molecule has 0 aromatic heterocycles. The van der Waals surface area contributed by atoms with Crippen LogP contribution in [0.5, 0.6) is 0 Å². The van der Waals surface area contributed by atoms with Crippen molar-refractivity contribution in [2.75, 3.05) is 0 Å². The number of benzene rings is 3.